The molecule has 88 valence electrons. The summed E-state index contributed by atoms with van der Waals surface area (Å²) in [7, 11) is 0. The molecule has 4 heteroatoms. The van der Waals surface area contributed by atoms with E-state index in [1.807, 2.05) is 18.2 Å². The Bertz CT molecular complexity index is 478. The van der Waals surface area contributed by atoms with Gasteiger partial charge in [0.05, 0.1) is 6.61 Å². The number of ketones is 1. The molecule has 0 N–H and O–H groups in total. The molecular weight excluding hydrogens is 220 g/mol. The number of hydrogen-bond donors (Lipinski definition) is 0. The molecule has 4 nitrogen and oxygen atoms in total. The van der Waals surface area contributed by atoms with Gasteiger partial charge in [-0.15, -0.1) is 0 Å². The maximum Gasteiger partial charge on any atom is 0.240 e. The fourth-order valence-corrected chi connectivity index (χ4v) is 1.90. The predicted molar refractivity (Wildman–Crippen MR) is 60.0 cm³/mol. The van der Waals surface area contributed by atoms with Crippen molar-refractivity contribution in [2.75, 3.05) is 13.2 Å². The SMILES string of the molecule is O=C(C1=CCCO1)C1COc2ccccc2O1. The zero-order valence-corrected chi connectivity index (χ0v) is 9.22. The van der Waals surface area contributed by atoms with Gasteiger partial charge >= 0.3 is 0 Å². The van der Waals surface area contributed by atoms with E-state index in [1.54, 1.807) is 12.1 Å². The van der Waals surface area contributed by atoms with E-state index in [2.05, 4.69) is 0 Å². The topological polar surface area (TPSA) is 44.8 Å². The van der Waals surface area contributed by atoms with E-state index >= 15 is 0 Å². The van der Waals surface area contributed by atoms with Gasteiger partial charge in [0.2, 0.25) is 5.78 Å². The molecule has 3 rings (SSSR count). The van der Waals surface area contributed by atoms with Crippen LogP contribution >= 0.6 is 0 Å². The number of carbonyl (C=O) groups excluding carboxylic acids is 1. The first kappa shape index (κ1) is 10.2. The Morgan fingerprint density at radius 3 is 2.76 bits per heavy atom. The summed E-state index contributed by atoms with van der Waals surface area (Å²) in [6.07, 6.45) is 1.98. The molecule has 0 spiro atoms. The molecule has 17 heavy (non-hydrogen) atoms. The summed E-state index contributed by atoms with van der Waals surface area (Å²) in [5.41, 5.74) is 0. The Balaban J connectivity index is 1.77. The highest BCUT2D eigenvalue weighted by atomic mass is 16.6. The van der Waals surface area contributed by atoms with E-state index in [-0.39, 0.29) is 12.4 Å². The van der Waals surface area contributed by atoms with Crippen molar-refractivity contribution in [3.8, 4) is 11.5 Å². The lowest BCUT2D eigenvalue weighted by Crippen LogP contribution is -2.37. The van der Waals surface area contributed by atoms with Crippen LogP contribution in [-0.2, 0) is 9.53 Å². The van der Waals surface area contributed by atoms with E-state index < -0.39 is 6.10 Å². The zero-order chi connectivity index (χ0) is 11.7. The molecule has 0 aliphatic carbocycles. The number of Topliss-reactive ketones (excluding diaryl/α,β-unsaturated/α-hetero) is 1. The molecule has 0 saturated heterocycles. The summed E-state index contributed by atoms with van der Waals surface area (Å²) in [5.74, 6) is 1.54. The van der Waals surface area contributed by atoms with Crippen LogP contribution in [0, 0.1) is 0 Å². The highest BCUT2D eigenvalue weighted by Gasteiger charge is 2.31. The lowest BCUT2D eigenvalue weighted by Gasteiger charge is -2.25. The second-order valence-electron chi connectivity index (χ2n) is 3.93. The van der Waals surface area contributed by atoms with Crippen LogP contribution < -0.4 is 9.47 Å². The average molecular weight is 232 g/mol. The van der Waals surface area contributed by atoms with Crippen molar-refractivity contribution >= 4 is 5.78 Å². The molecule has 1 aromatic carbocycles. The standard InChI is InChI=1S/C13H12O4/c14-13(11-6-3-7-15-11)12-8-16-9-4-1-2-5-10(9)17-12/h1-2,4-6,12H,3,7-8H2. The maximum atomic E-state index is 12.0. The van der Waals surface area contributed by atoms with Crippen LogP contribution in [0.2, 0.25) is 0 Å². The lowest BCUT2D eigenvalue weighted by molar-refractivity contribution is -0.127. The van der Waals surface area contributed by atoms with Crippen molar-refractivity contribution in [1.29, 1.82) is 0 Å². The summed E-state index contributed by atoms with van der Waals surface area (Å²) in [4.78, 5) is 12.0. The van der Waals surface area contributed by atoms with Gasteiger partial charge in [-0.2, -0.15) is 0 Å². The van der Waals surface area contributed by atoms with Crippen LogP contribution in [0.3, 0.4) is 0 Å². The fourth-order valence-electron chi connectivity index (χ4n) is 1.90. The molecule has 0 bridgehead atoms. The highest BCUT2D eigenvalue weighted by molar-refractivity contribution is 5.97. The molecule has 2 aliphatic rings. The minimum absolute atomic E-state index is 0.142. The van der Waals surface area contributed by atoms with E-state index in [0.717, 1.165) is 6.42 Å². The molecule has 1 unspecified atom stereocenters. The molecule has 1 atom stereocenters. The summed E-state index contributed by atoms with van der Waals surface area (Å²) < 4.78 is 16.3. The van der Waals surface area contributed by atoms with E-state index in [4.69, 9.17) is 14.2 Å². The maximum absolute atomic E-state index is 12.0. The summed E-state index contributed by atoms with van der Waals surface area (Å²) in [5, 5.41) is 0. The largest absolute Gasteiger partial charge is 0.490 e. The Morgan fingerprint density at radius 1 is 1.18 bits per heavy atom. The van der Waals surface area contributed by atoms with Gasteiger partial charge in [0.15, 0.2) is 23.4 Å². The molecule has 0 fully saturated rings. The van der Waals surface area contributed by atoms with Crippen molar-refractivity contribution in [3.63, 3.8) is 0 Å². The van der Waals surface area contributed by atoms with Gasteiger partial charge < -0.3 is 14.2 Å². The first-order chi connectivity index (χ1) is 8.34. The first-order valence-electron chi connectivity index (χ1n) is 5.60. The quantitative estimate of drug-likeness (QED) is 0.778. The first-order valence-corrected chi connectivity index (χ1v) is 5.60. The molecule has 2 heterocycles. The van der Waals surface area contributed by atoms with Gasteiger partial charge in [-0.25, -0.2) is 0 Å². The van der Waals surface area contributed by atoms with Crippen molar-refractivity contribution in [2.24, 2.45) is 0 Å². The van der Waals surface area contributed by atoms with Crippen LogP contribution in [0.1, 0.15) is 6.42 Å². The molecule has 0 saturated carbocycles. The average Bonchev–Trinajstić information content (AvgIpc) is 2.91. The fraction of sp³-hybridized carbons (Fsp3) is 0.308. The number of benzene rings is 1. The Morgan fingerprint density at radius 2 is 2.00 bits per heavy atom. The predicted octanol–water partition coefficient (Wildman–Crippen LogP) is 1.70. The van der Waals surface area contributed by atoms with Gasteiger partial charge in [0.25, 0.3) is 0 Å². The summed E-state index contributed by atoms with van der Waals surface area (Å²) in [6.45, 7) is 0.807. The van der Waals surface area contributed by atoms with E-state index in [9.17, 15) is 4.79 Å². The molecule has 0 amide bonds. The van der Waals surface area contributed by atoms with Gasteiger partial charge in [-0.3, -0.25) is 4.79 Å². The van der Waals surface area contributed by atoms with Gasteiger partial charge in [-0.05, 0) is 18.2 Å². The van der Waals surface area contributed by atoms with Gasteiger partial charge in [0.1, 0.15) is 6.61 Å². The molecule has 0 aromatic heterocycles. The molecule has 0 radical (unpaired) electrons. The second-order valence-corrected chi connectivity index (χ2v) is 3.93. The third-order valence-corrected chi connectivity index (χ3v) is 2.75. The third-order valence-electron chi connectivity index (χ3n) is 2.75. The molecule has 2 aliphatic heterocycles. The monoisotopic (exact) mass is 232 g/mol. The summed E-state index contributed by atoms with van der Waals surface area (Å²) in [6, 6.07) is 7.33. The summed E-state index contributed by atoms with van der Waals surface area (Å²) >= 11 is 0. The minimum atomic E-state index is -0.603. The van der Waals surface area contributed by atoms with Crippen LogP contribution in [0.25, 0.3) is 0 Å². The third kappa shape index (κ3) is 1.86. The number of para-hydroxylation sites is 2. The van der Waals surface area contributed by atoms with E-state index in [1.165, 1.54) is 0 Å². The lowest BCUT2D eigenvalue weighted by atomic mass is 10.1. The number of ether oxygens (including phenoxy) is 3. The number of fused-ring (bicyclic) bond motifs is 1. The van der Waals surface area contributed by atoms with Crippen molar-refractivity contribution in [2.45, 2.75) is 12.5 Å². The Labute approximate surface area is 98.8 Å². The van der Waals surface area contributed by atoms with Crippen LogP contribution in [0.4, 0.5) is 0 Å². The van der Waals surface area contributed by atoms with E-state index in [0.29, 0.717) is 23.9 Å². The second kappa shape index (κ2) is 4.13. The van der Waals surface area contributed by atoms with Crippen LogP contribution in [0.5, 0.6) is 11.5 Å². The number of hydrogen-bond acceptors (Lipinski definition) is 4. The minimum Gasteiger partial charge on any atom is -0.490 e. The molecular formula is C13H12O4. The van der Waals surface area contributed by atoms with Gasteiger partial charge in [0, 0.05) is 6.42 Å². The Hall–Kier alpha value is -1.97. The van der Waals surface area contributed by atoms with Crippen molar-refractivity contribution in [1.82, 2.24) is 0 Å². The van der Waals surface area contributed by atoms with Crippen molar-refractivity contribution < 1.29 is 19.0 Å². The van der Waals surface area contributed by atoms with Crippen molar-refractivity contribution in [3.05, 3.63) is 36.1 Å². The Kier molecular flexibility index (Phi) is 2.48. The highest BCUT2D eigenvalue weighted by Crippen LogP contribution is 2.31. The molecule has 1 aromatic rings. The number of rotatable bonds is 2. The van der Waals surface area contributed by atoms with Crippen LogP contribution in [0.15, 0.2) is 36.1 Å². The normalized spacial score (nSPS) is 21.6. The van der Waals surface area contributed by atoms with Crippen LogP contribution in [-0.4, -0.2) is 25.1 Å². The smallest absolute Gasteiger partial charge is 0.240 e. The van der Waals surface area contributed by atoms with Gasteiger partial charge in [-0.1, -0.05) is 12.1 Å². The zero-order valence-electron chi connectivity index (χ0n) is 9.22. The number of carbonyl (C=O) groups is 1.